The molecule has 0 atom stereocenters. The van der Waals surface area contributed by atoms with Gasteiger partial charge in [-0.1, -0.05) is 11.2 Å². The number of rotatable bonds is 5. The van der Waals surface area contributed by atoms with E-state index in [-0.39, 0.29) is 17.1 Å². The maximum absolute atomic E-state index is 11.9. The second-order valence-corrected chi connectivity index (χ2v) is 4.44. The Labute approximate surface area is 131 Å². The molecule has 3 N–H and O–H groups in total. The number of nitrogens with zero attached hydrogens (tertiary/aromatic N) is 1. The van der Waals surface area contributed by atoms with Gasteiger partial charge in [0.25, 0.3) is 5.69 Å². The molecule has 0 aliphatic heterocycles. The number of nitro groups is 1. The molecule has 0 saturated heterocycles. The highest BCUT2D eigenvalue weighted by Crippen LogP contribution is 2.13. The van der Waals surface area contributed by atoms with E-state index in [0.29, 0.717) is 11.3 Å². The molecule has 0 aliphatic rings. The van der Waals surface area contributed by atoms with E-state index in [1.54, 1.807) is 31.4 Å². The lowest BCUT2D eigenvalue weighted by atomic mass is 10.2. The van der Waals surface area contributed by atoms with Gasteiger partial charge in [-0.05, 0) is 30.3 Å². The maximum Gasteiger partial charge on any atom is 0.388 e. The van der Waals surface area contributed by atoms with Crippen LogP contribution >= 0.6 is 0 Å². The zero-order valence-electron chi connectivity index (χ0n) is 12.2. The zero-order chi connectivity index (χ0) is 16.8. The van der Waals surface area contributed by atoms with Crippen LogP contribution in [0, 0.1) is 10.1 Å². The maximum atomic E-state index is 11.9. The predicted octanol–water partition coefficient (Wildman–Crippen LogP) is 0.161. The number of nitro benzene ring substituents is 1. The summed E-state index contributed by atoms with van der Waals surface area (Å²) < 4.78 is 5.02. The third-order valence-electron chi connectivity index (χ3n) is 2.95. The van der Waals surface area contributed by atoms with Crippen molar-refractivity contribution in [3.63, 3.8) is 0 Å². The topological polar surface area (TPSA) is 119 Å². The lowest BCUT2D eigenvalue weighted by molar-refractivity contribution is -0.721. The van der Waals surface area contributed by atoms with Gasteiger partial charge < -0.3 is 4.74 Å². The summed E-state index contributed by atoms with van der Waals surface area (Å²) in [7, 11) is 1.54. The highest BCUT2D eigenvalue weighted by atomic mass is 16.7. The molecule has 118 valence electrons. The summed E-state index contributed by atoms with van der Waals surface area (Å²) in [6.45, 7) is 0. The number of carbonyl (C=O) groups excluding carboxylic acids is 1. The van der Waals surface area contributed by atoms with Gasteiger partial charge in [-0.3, -0.25) is 20.7 Å². The molecule has 0 amide bonds. The van der Waals surface area contributed by atoms with Crippen molar-refractivity contribution in [3.05, 3.63) is 69.8 Å². The molecule has 0 aliphatic carbocycles. The average molecular weight is 316 g/mol. The van der Waals surface area contributed by atoms with Gasteiger partial charge in [0.15, 0.2) is 0 Å². The third kappa shape index (κ3) is 4.03. The Balaban J connectivity index is 2.10. The van der Waals surface area contributed by atoms with Crippen LogP contribution in [-0.4, -0.2) is 23.8 Å². The Bertz CT molecular complexity index is 756. The molecule has 8 heteroatoms. The molecule has 8 nitrogen and oxygen atoms in total. The normalized spacial score (nSPS) is 10.9. The minimum absolute atomic E-state index is 0.0363. The fourth-order valence-electron chi connectivity index (χ4n) is 1.74. The number of methoxy groups -OCH3 is 1. The van der Waals surface area contributed by atoms with Crippen LogP contribution in [0.1, 0.15) is 15.9 Å². The van der Waals surface area contributed by atoms with Crippen LogP contribution < -0.4 is 15.6 Å². The standard InChI is InChI=1S/C15H13N3O5/c1-22-13-7-5-10(6-8-13)14(16)17-23-15(19)11-3-2-4-12(9-11)18(20)21/h2-9H,1H3,(H2,16,17)/p+1. The van der Waals surface area contributed by atoms with E-state index < -0.39 is 10.9 Å². The van der Waals surface area contributed by atoms with Crippen molar-refractivity contribution in [1.29, 1.82) is 0 Å². The Morgan fingerprint density at radius 1 is 1.17 bits per heavy atom. The van der Waals surface area contributed by atoms with Crippen molar-refractivity contribution in [2.24, 2.45) is 5.73 Å². The molecule has 0 fully saturated rings. The van der Waals surface area contributed by atoms with E-state index in [1.165, 1.54) is 18.2 Å². The van der Waals surface area contributed by atoms with Crippen LogP contribution in [0.25, 0.3) is 0 Å². The Morgan fingerprint density at radius 3 is 2.48 bits per heavy atom. The third-order valence-corrected chi connectivity index (χ3v) is 2.95. The van der Waals surface area contributed by atoms with Crippen LogP contribution in [-0.2, 0) is 4.84 Å². The number of amidine groups is 1. The fourth-order valence-corrected chi connectivity index (χ4v) is 1.74. The highest BCUT2D eigenvalue weighted by Gasteiger charge is 2.14. The van der Waals surface area contributed by atoms with E-state index in [0.717, 1.165) is 6.07 Å². The van der Waals surface area contributed by atoms with E-state index in [4.69, 9.17) is 15.3 Å². The van der Waals surface area contributed by atoms with Crippen LogP contribution in [0.3, 0.4) is 0 Å². The van der Waals surface area contributed by atoms with Gasteiger partial charge in [0, 0.05) is 12.1 Å². The first-order valence-electron chi connectivity index (χ1n) is 6.49. The van der Waals surface area contributed by atoms with Gasteiger partial charge in [-0.25, -0.2) is 4.79 Å². The first kappa shape index (κ1) is 16.0. The van der Waals surface area contributed by atoms with Gasteiger partial charge >= 0.3 is 11.8 Å². The van der Waals surface area contributed by atoms with E-state index >= 15 is 0 Å². The number of benzene rings is 2. The summed E-state index contributed by atoms with van der Waals surface area (Å²) in [4.78, 5) is 26.8. The molecule has 0 unspecified atom stereocenters. The van der Waals surface area contributed by atoms with Gasteiger partial charge in [0.05, 0.1) is 23.2 Å². The van der Waals surface area contributed by atoms with Crippen molar-refractivity contribution < 1.29 is 24.4 Å². The molecule has 2 rings (SSSR count). The molecule has 0 aromatic heterocycles. The Kier molecular flexibility index (Phi) is 4.88. The van der Waals surface area contributed by atoms with Gasteiger partial charge in [0.2, 0.25) is 0 Å². The van der Waals surface area contributed by atoms with E-state index in [2.05, 4.69) is 5.16 Å². The van der Waals surface area contributed by atoms with E-state index in [1.807, 2.05) is 0 Å². The van der Waals surface area contributed by atoms with Gasteiger partial charge in [-0.15, -0.1) is 0 Å². The van der Waals surface area contributed by atoms with Gasteiger partial charge in [-0.2, -0.15) is 0 Å². The molecule has 0 spiro atoms. The predicted molar refractivity (Wildman–Crippen MR) is 80.8 cm³/mol. The monoisotopic (exact) mass is 316 g/mol. The number of nitrogens with two attached hydrogens (primary N) is 1. The molecule has 0 bridgehead atoms. The Morgan fingerprint density at radius 2 is 1.87 bits per heavy atom. The summed E-state index contributed by atoms with van der Waals surface area (Å²) >= 11 is 0. The van der Waals surface area contributed by atoms with Crippen LogP contribution in [0.2, 0.25) is 0 Å². The van der Waals surface area contributed by atoms with Crippen molar-refractivity contribution >= 4 is 17.5 Å². The summed E-state index contributed by atoms with van der Waals surface area (Å²) in [6.07, 6.45) is 0. The molecule has 0 radical (unpaired) electrons. The smallest absolute Gasteiger partial charge is 0.388 e. The SMILES string of the molecule is COc1ccc(C(N)=[NH+]OC(=O)c2cccc([N+](=O)[O-])c2)cc1. The first-order chi connectivity index (χ1) is 11.0. The lowest BCUT2D eigenvalue weighted by Crippen LogP contribution is -2.75. The molecule has 23 heavy (non-hydrogen) atoms. The van der Waals surface area contributed by atoms with Gasteiger partial charge in [0.1, 0.15) is 5.75 Å². The number of non-ortho nitro benzene ring substituents is 1. The summed E-state index contributed by atoms with van der Waals surface area (Å²) in [6, 6.07) is 12.0. The molecular formula is C15H14N3O5+. The molecule has 2 aromatic rings. The number of hydrogen-bond donors (Lipinski definition) is 2. The number of hydrogen-bond acceptors (Lipinski definition) is 5. The minimum atomic E-state index is -0.787. The van der Waals surface area contributed by atoms with Crippen molar-refractivity contribution in [2.45, 2.75) is 0 Å². The fraction of sp³-hybridized carbons (Fsp3) is 0.0667. The molecular weight excluding hydrogens is 302 g/mol. The molecule has 2 aromatic carbocycles. The van der Waals surface area contributed by atoms with Crippen LogP contribution in [0.5, 0.6) is 5.75 Å². The number of nitrogens with one attached hydrogen (secondary N) is 1. The van der Waals surface area contributed by atoms with Crippen molar-refractivity contribution in [2.75, 3.05) is 7.11 Å². The molecule has 0 heterocycles. The van der Waals surface area contributed by atoms with E-state index in [9.17, 15) is 14.9 Å². The molecule has 0 saturated carbocycles. The summed E-state index contributed by atoms with van der Waals surface area (Å²) in [5.41, 5.74) is 6.20. The lowest BCUT2D eigenvalue weighted by Gasteiger charge is -2.00. The average Bonchev–Trinajstić information content (AvgIpc) is 2.59. The number of ether oxygens (including phenoxy) is 1. The second kappa shape index (κ2) is 7.03. The quantitative estimate of drug-likeness (QED) is 0.267. The van der Waals surface area contributed by atoms with Crippen molar-refractivity contribution in [1.82, 2.24) is 0 Å². The Hall–Kier alpha value is -3.42. The zero-order valence-corrected chi connectivity index (χ0v) is 12.2. The second-order valence-electron chi connectivity index (χ2n) is 4.44. The summed E-state index contributed by atoms with van der Waals surface area (Å²) in [5, 5.41) is 13.0. The van der Waals surface area contributed by atoms with Crippen LogP contribution in [0.15, 0.2) is 48.5 Å². The highest BCUT2D eigenvalue weighted by molar-refractivity contribution is 5.93. The minimum Gasteiger partial charge on any atom is -0.497 e. The largest absolute Gasteiger partial charge is 0.497 e. The van der Waals surface area contributed by atoms with Crippen molar-refractivity contribution in [3.8, 4) is 5.75 Å². The first-order valence-corrected chi connectivity index (χ1v) is 6.49. The van der Waals surface area contributed by atoms with Crippen LogP contribution in [0.4, 0.5) is 5.69 Å². The number of nitrogen functional groups attached to an aromatic ring is 1. The number of carbonyl (C=O) groups is 1. The summed E-state index contributed by atoms with van der Waals surface area (Å²) in [5.74, 6) is -0.00765.